The molecule has 17 heavy (non-hydrogen) atoms. The Hall–Kier alpha value is -1.41. The van der Waals surface area contributed by atoms with Crippen LogP contribution in [0.3, 0.4) is 0 Å². The summed E-state index contributed by atoms with van der Waals surface area (Å²) in [5, 5.41) is 3.30. The summed E-state index contributed by atoms with van der Waals surface area (Å²) in [4.78, 5) is 7.83. The Kier molecular flexibility index (Phi) is 2.92. The van der Waals surface area contributed by atoms with E-state index in [2.05, 4.69) is 15.1 Å². The Balaban J connectivity index is 2.74. The molecule has 0 fully saturated rings. The van der Waals surface area contributed by atoms with E-state index in [0.29, 0.717) is 17.8 Å². The van der Waals surface area contributed by atoms with Crippen molar-refractivity contribution in [1.82, 2.24) is 19.6 Å². The molecular formula is C8H9ClN4O3S. The molecule has 0 amide bonds. The molecule has 2 heterocycles. The smallest absolute Gasteiger partial charge is 0.319 e. The second-order valence-corrected chi connectivity index (χ2v) is 5.68. The van der Waals surface area contributed by atoms with Crippen LogP contribution in [0.15, 0.2) is 11.4 Å². The van der Waals surface area contributed by atoms with Gasteiger partial charge in [-0.1, -0.05) is 0 Å². The number of nitrogens with zero attached hydrogens (tertiary/aromatic N) is 4. The summed E-state index contributed by atoms with van der Waals surface area (Å²) in [5.41, 5.74) is 1.02. The van der Waals surface area contributed by atoms with Crippen molar-refractivity contribution in [2.75, 3.05) is 6.61 Å². The van der Waals surface area contributed by atoms with Gasteiger partial charge < -0.3 is 4.74 Å². The van der Waals surface area contributed by atoms with E-state index < -0.39 is 14.2 Å². The second-order valence-electron chi connectivity index (χ2n) is 3.22. The fourth-order valence-electron chi connectivity index (χ4n) is 1.28. The average molecular weight is 277 g/mol. The van der Waals surface area contributed by atoms with Crippen molar-refractivity contribution < 1.29 is 13.2 Å². The molecule has 0 aliphatic heterocycles. The summed E-state index contributed by atoms with van der Waals surface area (Å²) < 4.78 is 28.7. The first-order valence-electron chi connectivity index (χ1n) is 4.73. The molecule has 0 atom stereocenters. The first kappa shape index (κ1) is 12.1. The summed E-state index contributed by atoms with van der Waals surface area (Å²) in [6, 6.07) is 0.173. The molecule has 2 aromatic rings. The van der Waals surface area contributed by atoms with Crippen molar-refractivity contribution in [2.24, 2.45) is 0 Å². The maximum Gasteiger partial charge on any atom is 0.319 e. The highest BCUT2D eigenvalue weighted by Crippen LogP contribution is 2.17. The lowest BCUT2D eigenvalue weighted by atomic mass is 10.4. The van der Waals surface area contributed by atoms with Crippen LogP contribution >= 0.6 is 10.7 Å². The van der Waals surface area contributed by atoms with Crippen LogP contribution in [0, 0.1) is 6.92 Å². The number of rotatable bonds is 3. The number of aryl methyl sites for hydroxylation is 1. The number of aromatic nitrogens is 4. The van der Waals surface area contributed by atoms with Gasteiger partial charge in [0.05, 0.1) is 6.61 Å². The zero-order chi connectivity index (χ0) is 12.6. The van der Waals surface area contributed by atoms with Crippen LogP contribution in [0.25, 0.3) is 5.65 Å². The van der Waals surface area contributed by atoms with E-state index in [1.165, 1.54) is 10.7 Å². The normalized spacial score (nSPS) is 11.9. The zero-order valence-electron chi connectivity index (χ0n) is 9.08. The standard InChI is InChI=1S/C8H9ClN4O3S/c1-3-16-8-10-4-5(2)6-11-7(12-13(6)8)17(9,14)15/h4H,3H2,1-2H3. The highest BCUT2D eigenvalue weighted by molar-refractivity contribution is 8.13. The summed E-state index contributed by atoms with van der Waals surface area (Å²) in [7, 11) is 1.22. The van der Waals surface area contributed by atoms with E-state index in [1.807, 2.05) is 0 Å². The van der Waals surface area contributed by atoms with Gasteiger partial charge in [0.15, 0.2) is 5.65 Å². The van der Waals surface area contributed by atoms with Crippen LogP contribution < -0.4 is 4.74 Å². The molecule has 2 rings (SSSR count). The monoisotopic (exact) mass is 276 g/mol. The maximum absolute atomic E-state index is 11.1. The molecule has 7 nitrogen and oxygen atoms in total. The maximum atomic E-state index is 11.1. The fourth-order valence-corrected chi connectivity index (χ4v) is 1.85. The van der Waals surface area contributed by atoms with Crippen molar-refractivity contribution in [1.29, 1.82) is 0 Å². The van der Waals surface area contributed by atoms with Crippen LogP contribution in [-0.2, 0) is 9.05 Å². The average Bonchev–Trinajstić information content (AvgIpc) is 2.67. The quantitative estimate of drug-likeness (QED) is 0.769. The molecule has 0 saturated heterocycles. The van der Waals surface area contributed by atoms with E-state index in [9.17, 15) is 8.42 Å². The lowest BCUT2D eigenvalue weighted by Gasteiger charge is -2.03. The van der Waals surface area contributed by atoms with Crippen LogP contribution in [0.1, 0.15) is 12.5 Å². The Morgan fingerprint density at radius 1 is 1.53 bits per heavy atom. The summed E-state index contributed by atoms with van der Waals surface area (Å²) in [6.45, 7) is 3.90. The third kappa shape index (κ3) is 2.18. The molecule has 9 heteroatoms. The number of fused-ring (bicyclic) bond motifs is 1. The first-order valence-corrected chi connectivity index (χ1v) is 7.04. The zero-order valence-corrected chi connectivity index (χ0v) is 10.7. The van der Waals surface area contributed by atoms with Crippen molar-refractivity contribution >= 4 is 25.4 Å². The predicted molar refractivity (Wildman–Crippen MR) is 59.7 cm³/mol. The Labute approximate surface area is 102 Å². The minimum atomic E-state index is -3.97. The Bertz CT molecular complexity index is 667. The van der Waals surface area contributed by atoms with E-state index in [0.717, 1.165) is 0 Å². The largest absolute Gasteiger partial charge is 0.464 e. The van der Waals surface area contributed by atoms with Gasteiger partial charge >= 0.3 is 6.01 Å². The molecule has 0 aliphatic rings. The minimum absolute atomic E-state index is 0.173. The summed E-state index contributed by atoms with van der Waals surface area (Å²) in [6.07, 6.45) is 1.53. The van der Waals surface area contributed by atoms with Crippen molar-refractivity contribution in [3.05, 3.63) is 11.8 Å². The molecule has 0 radical (unpaired) electrons. The number of halogens is 1. The van der Waals surface area contributed by atoms with Gasteiger partial charge in [-0.25, -0.2) is 13.4 Å². The van der Waals surface area contributed by atoms with E-state index in [1.54, 1.807) is 13.8 Å². The SMILES string of the molecule is CCOc1ncc(C)c2nc(S(=O)(=O)Cl)nn12. The van der Waals surface area contributed by atoms with Gasteiger partial charge in [0.1, 0.15) is 0 Å². The minimum Gasteiger partial charge on any atom is -0.464 e. The van der Waals surface area contributed by atoms with Crippen LogP contribution in [0.2, 0.25) is 0 Å². The molecule has 0 aromatic carbocycles. The molecule has 0 unspecified atom stereocenters. The van der Waals surface area contributed by atoms with E-state index in [4.69, 9.17) is 15.4 Å². The molecular weight excluding hydrogens is 268 g/mol. The van der Waals surface area contributed by atoms with Gasteiger partial charge in [0, 0.05) is 22.4 Å². The number of hydrogen-bond acceptors (Lipinski definition) is 6. The molecule has 0 N–H and O–H groups in total. The van der Waals surface area contributed by atoms with Gasteiger partial charge in [-0.05, 0) is 13.8 Å². The molecule has 0 spiro atoms. The second kappa shape index (κ2) is 4.11. The number of hydrogen-bond donors (Lipinski definition) is 0. The predicted octanol–water partition coefficient (Wildman–Crippen LogP) is 0.759. The highest BCUT2D eigenvalue weighted by atomic mass is 35.7. The summed E-state index contributed by atoms with van der Waals surface area (Å²) in [5.74, 6) is 0. The highest BCUT2D eigenvalue weighted by Gasteiger charge is 2.20. The van der Waals surface area contributed by atoms with Gasteiger partial charge in [-0.2, -0.15) is 9.50 Å². The molecule has 0 bridgehead atoms. The molecule has 0 aliphatic carbocycles. The Morgan fingerprint density at radius 3 is 2.82 bits per heavy atom. The van der Waals surface area contributed by atoms with Gasteiger partial charge in [-0.15, -0.1) is 5.10 Å². The first-order chi connectivity index (χ1) is 7.93. The topological polar surface area (TPSA) is 86.5 Å². The molecule has 92 valence electrons. The number of ether oxygens (including phenoxy) is 1. The molecule has 0 saturated carbocycles. The summed E-state index contributed by atoms with van der Waals surface area (Å²) >= 11 is 0. The third-order valence-corrected chi connectivity index (χ3v) is 3.00. The van der Waals surface area contributed by atoms with Crippen LogP contribution in [0.5, 0.6) is 6.01 Å². The lowest BCUT2D eigenvalue weighted by Crippen LogP contribution is -2.03. The van der Waals surface area contributed by atoms with Crippen LogP contribution in [-0.4, -0.2) is 34.6 Å². The van der Waals surface area contributed by atoms with Gasteiger partial charge in [-0.3, -0.25) is 0 Å². The van der Waals surface area contributed by atoms with Crippen molar-refractivity contribution in [3.8, 4) is 6.01 Å². The van der Waals surface area contributed by atoms with Crippen molar-refractivity contribution in [3.63, 3.8) is 0 Å². The third-order valence-electron chi connectivity index (χ3n) is 1.98. The molecule has 2 aromatic heterocycles. The van der Waals surface area contributed by atoms with Gasteiger partial charge in [0.2, 0.25) is 0 Å². The lowest BCUT2D eigenvalue weighted by molar-refractivity contribution is 0.302. The Morgan fingerprint density at radius 2 is 2.24 bits per heavy atom. The fraction of sp³-hybridized carbons (Fsp3) is 0.375. The van der Waals surface area contributed by atoms with Crippen LogP contribution in [0.4, 0.5) is 0 Å². The van der Waals surface area contributed by atoms with E-state index in [-0.39, 0.29) is 6.01 Å². The van der Waals surface area contributed by atoms with Gasteiger partial charge in [0.25, 0.3) is 14.2 Å². The van der Waals surface area contributed by atoms with Crippen molar-refractivity contribution in [2.45, 2.75) is 19.0 Å². The van der Waals surface area contributed by atoms with E-state index >= 15 is 0 Å².